The van der Waals surface area contributed by atoms with Crippen molar-refractivity contribution < 1.29 is 102 Å². The van der Waals surface area contributed by atoms with Crippen molar-refractivity contribution in [1.82, 2.24) is 89.2 Å². The van der Waals surface area contributed by atoms with E-state index in [1.54, 1.807) is 90.7 Å². The highest BCUT2D eigenvalue weighted by Gasteiger charge is 2.80. The van der Waals surface area contributed by atoms with E-state index in [4.69, 9.17) is 56.8 Å². The molecule has 57 nitrogen and oxygen atoms in total. The lowest BCUT2D eigenvalue weighted by Gasteiger charge is -2.46. The van der Waals surface area contributed by atoms with Crippen molar-refractivity contribution in [3.63, 3.8) is 0 Å². The van der Waals surface area contributed by atoms with Crippen LogP contribution in [0.3, 0.4) is 0 Å². The number of hydrogen-bond acceptors (Lipinski definition) is 39. The molecule has 25 heterocycles. The van der Waals surface area contributed by atoms with Gasteiger partial charge >= 0.3 is 0 Å². The number of rotatable bonds is 9. The Morgan fingerprint density at radius 3 is 0.917 bits per heavy atom. The van der Waals surface area contributed by atoms with Gasteiger partial charge in [0, 0.05) is 0 Å². The molecular weight excluding hydrogens is 1330 g/mol. The van der Waals surface area contributed by atoms with Crippen LogP contribution in [0.5, 0.6) is 0 Å². The molecule has 30 atom stereocenters. The maximum absolute atomic E-state index is 11.5. The minimum Gasteiger partial charge on any atom is -0.327 e. The first-order valence-corrected chi connectivity index (χ1v) is 29.1. The Morgan fingerprint density at radius 2 is 0.417 bits per heavy atom. The van der Waals surface area contributed by atoms with Gasteiger partial charge in [-0.3, -0.25) is 34.3 Å². The van der Waals surface area contributed by atoms with Crippen molar-refractivity contribution in [3.8, 4) is 0 Å². The summed E-state index contributed by atoms with van der Waals surface area (Å²) in [5.41, 5.74) is 0. The predicted octanol–water partition coefficient (Wildman–Crippen LogP) is -9.98. The van der Waals surface area contributed by atoms with E-state index in [0.29, 0.717) is 10.0 Å². The van der Waals surface area contributed by atoms with Gasteiger partial charge in [0.05, 0.1) is 0 Å². The number of ether oxygens (including phenoxy) is 12. The van der Waals surface area contributed by atoms with Crippen LogP contribution >= 0.6 is 0 Å². The summed E-state index contributed by atoms with van der Waals surface area (Å²) in [6.07, 6.45) is -22.8. The van der Waals surface area contributed by atoms with E-state index in [-0.39, 0.29) is 12.3 Å². The Morgan fingerprint density at radius 1 is 0.177 bits per heavy atom. The minimum absolute atomic E-state index is 0.303. The molecule has 0 aliphatic carbocycles. The van der Waals surface area contributed by atoms with Crippen LogP contribution in [-0.2, 0) is 56.8 Å². The molecule has 25 aliphatic rings. The maximum atomic E-state index is 11.5. The molecule has 96 heavy (non-hydrogen) atoms. The zero-order valence-electron chi connectivity index (χ0n) is 50.6. The number of piperazine rings is 5. The first-order chi connectivity index (χ1) is 45.4. The molecule has 528 valence electrons. The molecule has 0 aromatic rings. The van der Waals surface area contributed by atoms with E-state index in [9.17, 15) is 91.0 Å². The third kappa shape index (κ3) is 7.92. The zero-order chi connectivity index (χ0) is 68.4. The average Bonchev–Trinajstić information content (AvgIpc) is 1.54. The molecule has 0 aromatic carbocycles. The molecule has 0 aromatic heterocycles. The summed E-state index contributed by atoms with van der Waals surface area (Å²) < 4.78 is 66.4. The quantitative estimate of drug-likeness (QED) is 0.153. The van der Waals surface area contributed by atoms with E-state index in [0.717, 1.165) is 35.1 Å². The molecule has 25 saturated heterocycles. The van der Waals surface area contributed by atoms with Gasteiger partial charge in [0.1, 0.15) is 24.7 Å². The Kier molecular flexibility index (Phi) is 13.7. The summed E-state index contributed by atoms with van der Waals surface area (Å²) in [5, 5.41) is 103. The van der Waals surface area contributed by atoms with Gasteiger partial charge in [0.2, 0.25) is 75.0 Å². The van der Waals surface area contributed by atoms with Crippen LogP contribution in [0.2, 0.25) is 0 Å². The van der Waals surface area contributed by atoms with Crippen molar-refractivity contribution in [2.45, 2.75) is 186 Å². The lowest BCUT2D eigenvalue weighted by molar-refractivity contribution is -0.740. The van der Waals surface area contributed by atoms with Gasteiger partial charge in [-0.15, -0.1) is 0 Å². The highest BCUT2D eigenvalue weighted by Crippen LogP contribution is 2.53. The summed E-state index contributed by atoms with van der Waals surface area (Å²) in [4.78, 5) is 117. The van der Waals surface area contributed by atoms with Gasteiger partial charge in [-0.1, -0.05) is 45.1 Å². The average molecular weight is 1380 g/mol. The second-order valence-corrected chi connectivity index (χ2v) is 25.0. The second kappa shape index (κ2) is 21.0. The normalized spacial score (nSPS) is 47.5. The molecule has 25 rings (SSSR count). The van der Waals surface area contributed by atoms with E-state index in [2.05, 4.69) is 0 Å². The smallest absolute Gasteiger partial charge is 0.263 e. The fraction of sp³-hybridized carbons (Fsp3) is 1.00. The molecule has 0 amide bonds. The van der Waals surface area contributed by atoms with Gasteiger partial charge in [0.15, 0.2) is 107 Å². The maximum Gasteiger partial charge on any atom is 0.263 e. The van der Waals surface area contributed by atoms with Crippen molar-refractivity contribution in [3.05, 3.63) is 91.0 Å². The number of nitro groups is 9. The molecule has 25 aliphatic heterocycles. The van der Waals surface area contributed by atoms with Crippen LogP contribution in [0, 0.1) is 91.0 Å². The second-order valence-electron chi connectivity index (χ2n) is 25.0. The zero-order valence-corrected chi connectivity index (χ0v) is 50.6. The van der Waals surface area contributed by atoms with E-state index < -0.39 is 219 Å². The van der Waals surface area contributed by atoms with Crippen molar-refractivity contribution >= 4 is 0 Å². The Hall–Kier alpha value is -8.04. The van der Waals surface area contributed by atoms with Crippen LogP contribution < -0.4 is 0 Å². The summed E-state index contributed by atoms with van der Waals surface area (Å²) >= 11 is 0. The molecule has 30 bridgehead atoms. The molecule has 0 N–H and O–H groups in total. The third-order valence-electron chi connectivity index (χ3n) is 20.9. The molecule has 57 heteroatoms. The van der Waals surface area contributed by atoms with Crippen molar-refractivity contribution in [2.24, 2.45) is 0 Å². The standard InChI is InChI=1S/C9H15N7O5.2C8H12N6O6.C7H9N5O7.C7H9N3O6/c1-10-4-5-13(15(17)18)7(11(4)2)8-12(3)6(10)9(21-8)14(5)16(19)20;1-9-3-6-11(13(15)16)4-5(9)19-8(12(4)14(17)18)7(20-6)10(3)2;1-9-3-4-11(13(15)16)5(9)8-19-6(10(3)2)7(20-8)12(4)14(17)18;1-8-3-2-9(11(13)14)5-4(8)18-7(19-5)6(17-3)10(2)12(15)16;1-8-2-4-9(10(11)12)5-3(8)14-7(16-5)6(13-2)15-4/h4-9H,1-3H3;2*3-8H,1-2H3;2-7H,1H3;2-7H,1H3. The van der Waals surface area contributed by atoms with Gasteiger partial charge in [0.25, 0.3) is 24.7 Å². The molecule has 0 radical (unpaired) electrons. The number of hydrazine groups is 9. The Balaban J connectivity index is 0.0000000946. The monoisotopic (exact) mass is 1380 g/mol. The first kappa shape index (κ1) is 62.7. The predicted molar refractivity (Wildman–Crippen MR) is 276 cm³/mol. The molecule has 0 saturated carbocycles. The molecule has 0 spiro atoms. The van der Waals surface area contributed by atoms with Gasteiger partial charge < -0.3 is 56.8 Å². The summed E-state index contributed by atoms with van der Waals surface area (Å²) in [5.74, 6) is 0. The Labute approximate surface area is 531 Å². The summed E-state index contributed by atoms with van der Waals surface area (Å²) in [6.45, 7) is 0. The van der Waals surface area contributed by atoms with Crippen LogP contribution in [-0.4, -0.2) is 384 Å². The summed E-state index contributed by atoms with van der Waals surface area (Å²) in [6, 6.07) is 0. The van der Waals surface area contributed by atoms with Crippen molar-refractivity contribution in [2.75, 3.05) is 63.4 Å². The SMILES string of the molecule is CN1C2OC3C1N(C)C1C(N3[N+](=O)[O-])N([N+](=O)[O-])C2N1C.CN1C2OC3C1N(C)C1OC2N([N+](=O)[O-])C1N3[N+](=O)[O-].CN1C2OC3OC2N([N+](=O)[O-])C2C1N(C)C3N2[N+](=O)[O-].CN1C2OC3OC2N([N+](=O)[O-])C2C1OC3N2[N+](=O)[O-].CN1C2OC3OC2N([N+](=O)[O-])C2OC3OC21. The third-order valence-corrected chi connectivity index (χ3v) is 20.9. The number of likely N-dealkylation sites (N-methyl/N-ethyl adjacent to an activating group) is 9. The fourth-order valence-electron chi connectivity index (χ4n) is 17.2. The van der Waals surface area contributed by atoms with Crippen molar-refractivity contribution in [1.29, 1.82) is 0 Å². The van der Waals surface area contributed by atoms with E-state index >= 15 is 0 Å². The van der Waals surface area contributed by atoms with Crippen LogP contribution in [0.1, 0.15) is 0 Å². The van der Waals surface area contributed by atoms with Crippen LogP contribution in [0.15, 0.2) is 0 Å². The molecule has 30 unspecified atom stereocenters. The lowest BCUT2D eigenvalue weighted by Crippen LogP contribution is -2.73. The molecule has 25 fully saturated rings. The first-order valence-electron chi connectivity index (χ1n) is 29.1. The highest BCUT2D eigenvalue weighted by molar-refractivity contribution is 5.10. The topological polar surface area (TPSA) is 557 Å². The van der Waals surface area contributed by atoms with E-state index in [1.165, 1.54) is 0 Å². The Bertz CT molecular complexity index is 3280. The molecular formula is C39H57N27O30. The number of nitrogens with zero attached hydrogens (tertiary/aromatic N) is 27. The van der Waals surface area contributed by atoms with E-state index in [1.807, 2.05) is 16.8 Å². The van der Waals surface area contributed by atoms with Crippen LogP contribution in [0.25, 0.3) is 0 Å². The largest absolute Gasteiger partial charge is 0.327 e. The fourth-order valence-corrected chi connectivity index (χ4v) is 17.2. The summed E-state index contributed by atoms with van der Waals surface area (Å²) in [7, 11) is 15.6. The lowest BCUT2D eigenvalue weighted by atomic mass is 10.2. The highest BCUT2D eigenvalue weighted by atomic mass is 16.9. The van der Waals surface area contributed by atoms with Gasteiger partial charge in [-0.25, -0.2) is 101 Å². The van der Waals surface area contributed by atoms with Crippen LogP contribution in [0.4, 0.5) is 0 Å². The minimum atomic E-state index is -1.14. The number of hydrogen-bond donors (Lipinski definition) is 0. The van der Waals surface area contributed by atoms with Gasteiger partial charge in [-0.2, -0.15) is 0 Å². The van der Waals surface area contributed by atoms with Gasteiger partial charge in [-0.05, 0) is 63.4 Å².